The van der Waals surface area contributed by atoms with Crippen LogP contribution in [-0.4, -0.2) is 48.6 Å². The van der Waals surface area contributed by atoms with Gasteiger partial charge in [-0.3, -0.25) is 9.89 Å². The molecule has 1 aliphatic rings. The lowest BCUT2D eigenvalue weighted by molar-refractivity contribution is -0.140. The SMILES string of the molecule is CN=C(NCc1nc(C(F)(F)F)cs1)NCC(C)N(C)C1CC1. The van der Waals surface area contributed by atoms with Crippen LogP contribution in [0, 0.1) is 0 Å². The van der Waals surface area contributed by atoms with Crippen molar-refractivity contribution in [3.63, 3.8) is 0 Å². The molecule has 0 saturated heterocycles. The first-order chi connectivity index (χ1) is 10.8. The van der Waals surface area contributed by atoms with E-state index in [1.54, 1.807) is 7.05 Å². The molecule has 1 unspecified atom stereocenters. The van der Waals surface area contributed by atoms with E-state index in [1.165, 1.54) is 12.8 Å². The minimum atomic E-state index is -4.39. The fraction of sp³-hybridized carbons (Fsp3) is 0.714. The summed E-state index contributed by atoms with van der Waals surface area (Å²) in [6.07, 6.45) is -1.89. The van der Waals surface area contributed by atoms with Gasteiger partial charge in [-0.15, -0.1) is 11.3 Å². The second-order valence-electron chi connectivity index (χ2n) is 5.68. The van der Waals surface area contributed by atoms with Gasteiger partial charge >= 0.3 is 6.18 Å². The van der Waals surface area contributed by atoms with E-state index < -0.39 is 11.9 Å². The number of halogens is 3. The largest absolute Gasteiger partial charge is 0.434 e. The molecule has 0 radical (unpaired) electrons. The molecule has 1 aromatic heterocycles. The molecule has 0 spiro atoms. The highest BCUT2D eigenvalue weighted by molar-refractivity contribution is 7.09. The van der Waals surface area contributed by atoms with Crippen LogP contribution < -0.4 is 10.6 Å². The molecule has 1 heterocycles. The number of rotatable bonds is 6. The topological polar surface area (TPSA) is 52.6 Å². The Kier molecular flexibility index (Phi) is 5.85. The molecule has 9 heteroatoms. The Morgan fingerprint density at radius 2 is 2.17 bits per heavy atom. The summed E-state index contributed by atoms with van der Waals surface area (Å²) >= 11 is 0.986. The zero-order valence-electron chi connectivity index (χ0n) is 13.4. The molecule has 1 aliphatic carbocycles. The molecule has 23 heavy (non-hydrogen) atoms. The van der Waals surface area contributed by atoms with Crippen LogP contribution >= 0.6 is 11.3 Å². The van der Waals surface area contributed by atoms with Gasteiger partial charge in [0.25, 0.3) is 0 Å². The first kappa shape index (κ1) is 18.0. The van der Waals surface area contributed by atoms with Gasteiger partial charge in [0.1, 0.15) is 5.01 Å². The molecule has 0 amide bonds. The number of nitrogens with one attached hydrogen (secondary N) is 2. The second kappa shape index (κ2) is 7.48. The highest BCUT2D eigenvalue weighted by Crippen LogP contribution is 2.30. The molecule has 2 N–H and O–H groups in total. The monoisotopic (exact) mass is 349 g/mol. The molecule has 0 bridgehead atoms. The van der Waals surface area contributed by atoms with Crippen molar-refractivity contribution in [3.05, 3.63) is 16.1 Å². The van der Waals surface area contributed by atoms with Crippen molar-refractivity contribution in [3.8, 4) is 0 Å². The highest BCUT2D eigenvalue weighted by atomic mass is 32.1. The number of guanidine groups is 1. The Balaban J connectivity index is 1.77. The standard InChI is InChI=1S/C14H22F3N5S/c1-9(22(3)10-4-5-10)6-19-13(18-2)20-7-12-21-11(8-23-12)14(15,16)17/h8-10H,4-7H2,1-3H3,(H2,18,19,20). The zero-order valence-corrected chi connectivity index (χ0v) is 14.3. The number of hydrogen-bond acceptors (Lipinski definition) is 4. The number of thiazole rings is 1. The minimum absolute atomic E-state index is 0.216. The van der Waals surface area contributed by atoms with Gasteiger partial charge in [-0.25, -0.2) is 4.98 Å². The molecular weight excluding hydrogens is 327 g/mol. The van der Waals surface area contributed by atoms with Crippen molar-refractivity contribution < 1.29 is 13.2 Å². The first-order valence-electron chi connectivity index (χ1n) is 7.49. The molecule has 1 fully saturated rings. The van der Waals surface area contributed by atoms with Crippen LogP contribution in [-0.2, 0) is 12.7 Å². The summed E-state index contributed by atoms with van der Waals surface area (Å²) in [5.41, 5.74) is -0.845. The van der Waals surface area contributed by atoms with Crippen molar-refractivity contribution in [2.75, 3.05) is 20.6 Å². The van der Waals surface area contributed by atoms with Gasteiger partial charge in [0, 0.05) is 31.1 Å². The molecule has 2 rings (SSSR count). The average Bonchev–Trinajstić information content (AvgIpc) is 3.23. The van der Waals surface area contributed by atoms with Crippen LogP contribution in [0.15, 0.2) is 10.4 Å². The van der Waals surface area contributed by atoms with Crippen LogP contribution in [0.2, 0.25) is 0 Å². The summed E-state index contributed by atoms with van der Waals surface area (Å²) in [7, 11) is 3.74. The number of likely N-dealkylation sites (N-methyl/N-ethyl adjacent to an activating group) is 1. The Labute approximate surface area is 138 Å². The van der Waals surface area contributed by atoms with E-state index in [1.807, 2.05) is 0 Å². The first-order valence-corrected chi connectivity index (χ1v) is 8.37. The van der Waals surface area contributed by atoms with Gasteiger partial charge < -0.3 is 10.6 Å². The Morgan fingerprint density at radius 3 is 2.70 bits per heavy atom. The third-order valence-electron chi connectivity index (χ3n) is 3.86. The number of nitrogens with zero attached hydrogens (tertiary/aromatic N) is 3. The summed E-state index contributed by atoms with van der Waals surface area (Å²) in [5, 5.41) is 7.59. The summed E-state index contributed by atoms with van der Waals surface area (Å²) in [4.78, 5) is 9.99. The summed E-state index contributed by atoms with van der Waals surface area (Å²) < 4.78 is 37.5. The maximum absolute atomic E-state index is 12.5. The van der Waals surface area contributed by atoms with Gasteiger partial charge in [-0.1, -0.05) is 0 Å². The van der Waals surface area contributed by atoms with E-state index in [0.29, 0.717) is 23.1 Å². The Bertz CT molecular complexity index is 539. The molecule has 1 aromatic rings. The zero-order chi connectivity index (χ0) is 17.0. The smallest absolute Gasteiger partial charge is 0.355 e. The van der Waals surface area contributed by atoms with Crippen LogP contribution in [0.1, 0.15) is 30.5 Å². The van der Waals surface area contributed by atoms with Crippen molar-refractivity contribution in [2.24, 2.45) is 4.99 Å². The Hall–Kier alpha value is -1.35. The van der Waals surface area contributed by atoms with E-state index in [2.05, 4.69) is 39.5 Å². The summed E-state index contributed by atoms with van der Waals surface area (Å²) in [5.74, 6) is 0.560. The molecule has 1 saturated carbocycles. The number of hydrogen-bond donors (Lipinski definition) is 2. The van der Waals surface area contributed by atoms with Gasteiger partial charge in [-0.2, -0.15) is 13.2 Å². The highest BCUT2D eigenvalue weighted by Gasteiger charge is 2.33. The minimum Gasteiger partial charge on any atom is -0.355 e. The molecule has 5 nitrogen and oxygen atoms in total. The number of aliphatic imine (C=N–C) groups is 1. The molecule has 0 aliphatic heterocycles. The third kappa shape index (κ3) is 5.35. The van der Waals surface area contributed by atoms with E-state index in [9.17, 15) is 13.2 Å². The number of alkyl halides is 3. The summed E-state index contributed by atoms with van der Waals surface area (Å²) in [6, 6.07) is 1.04. The lowest BCUT2D eigenvalue weighted by Gasteiger charge is -2.25. The maximum atomic E-state index is 12.5. The van der Waals surface area contributed by atoms with Crippen LogP contribution in [0.4, 0.5) is 13.2 Å². The lowest BCUT2D eigenvalue weighted by atomic mass is 10.3. The van der Waals surface area contributed by atoms with Crippen LogP contribution in [0.5, 0.6) is 0 Å². The predicted octanol–water partition coefficient (Wildman–Crippen LogP) is 2.31. The molecule has 0 aromatic carbocycles. The quantitative estimate of drug-likeness (QED) is 0.611. The van der Waals surface area contributed by atoms with Crippen molar-refractivity contribution in [1.82, 2.24) is 20.5 Å². The van der Waals surface area contributed by atoms with Crippen LogP contribution in [0.3, 0.4) is 0 Å². The van der Waals surface area contributed by atoms with E-state index in [0.717, 1.165) is 23.3 Å². The predicted molar refractivity (Wildman–Crippen MR) is 85.6 cm³/mol. The maximum Gasteiger partial charge on any atom is 0.434 e. The van der Waals surface area contributed by atoms with Gasteiger partial charge in [0.05, 0.1) is 6.54 Å². The molecular formula is C14H22F3N5S. The van der Waals surface area contributed by atoms with Gasteiger partial charge in [0.2, 0.25) is 0 Å². The fourth-order valence-electron chi connectivity index (χ4n) is 2.13. The van der Waals surface area contributed by atoms with E-state index in [-0.39, 0.29) is 6.54 Å². The normalized spacial score (nSPS) is 17.4. The van der Waals surface area contributed by atoms with Crippen LogP contribution in [0.25, 0.3) is 0 Å². The van der Waals surface area contributed by atoms with Gasteiger partial charge in [-0.05, 0) is 26.8 Å². The molecule has 1 atom stereocenters. The summed E-state index contributed by atoms with van der Waals surface area (Å²) in [6.45, 7) is 3.07. The third-order valence-corrected chi connectivity index (χ3v) is 4.70. The Morgan fingerprint density at radius 1 is 1.48 bits per heavy atom. The van der Waals surface area contributed by atoms with Crippen molar-refractivity contribution in [2.45, 2.75) is 44.6 Å². The van der Waals surface area contributed by atoms with E-state index in [4.69, 9.17) is 0 Å². The van der Waals surface area contributed by atoms with Crippen molar-refractivity contribution >= 4 is 17.3 Å². The van der Waals surface area contributed by atoms with E-state index >= 15 is 0 Å². The van der Waals surface area contributed by atoms with Gasteiger partial charge in [0.15, 0.2) is 11.7 Å². The molecule has 130 valence electrons. The second-order valence-corrected chi connectivity index (χ2v) is 6.62. The average molecular weight is 349 g/mol. The fourth-order valence-corrected chi connectivity index (χ4v) is 2.87. The van der Waals surface area contributed by atoms with Crippen molar-refractivity contribution in [1.29, 1.82) is 0 Å². The number of aromatic nitrogens is 1. The lowest BCUT2D eigenvalue weighted by Crippen LogP contribution is -2.45.